The lowest BCUT2D eigenvalue weighted by Crippen LogP contribution is -2.30. The molecule has 2 aromatic heterocycles. The summed E-state index contributed by atoms with van der Waals surface area (Å²) < 4.78 is 11.8. The van der Waals surface area contributed by atoms with Gasteiger partial charge in [-0.15, -0.1) is 0 Å². The summed E-state index contributed by atoms with van der Waals surface area (Å²) >= 11 is 3.40. The van der Waals surface area contributed by atoms with Gasteiger partial charge < -0.3 is 13.8 Å². The molecule has 0 bridgehead atoms. The summed E-state index contributed by atoms with van der Waals surface area (Å²) in [5.41, 5.74) is 1.21. The Morgan fingerprint density at radius 3 is 2.83 bits per heavy atom. The van der Waals surface area contributed by atoms with Gasteiger partial charge >= 0.3 is 0 Å². The van der Waals surface area contributed by atoms with E-state index >= 15 is 0 Å². The second-order valence-corrected chi connectivity index (χ2v) is 6.67. The maximum Gasteiger partial charge on any atom is 0.276 e. The summed E-state index contributed by atoms with van der Waals surface area (Å²) in [7, 11) is 0. The molecule has 5 nitrogen and oxygen atoms in total. The molecule has 1 atom stereocenters. The van der Waals surface area contributed by atoms with Crippen molar-refractivity contribution in [3.63, 3.8) is 0 Å². The second kappa shape index (κ2) is 6.28. The largest absolute Gasteiger partial charge is 0.467 e. The number of benzene rings is 1. The van der Waals surface area contributed by atoms with E-state index < -0.39 is 0 Å². The Bertz CT molecular complexity index is 840. The number of halogens is 1. The smallest absolute Gasteiger partial charge is 0.276 e. The van der Waals surface area contributed by atoms with Crippen molar-refractivity contribution in [1.82, 2.24) is 10.1 Å². The van der Waals surface area contributed by atoms with E-state index in [1.54, 1.807) is 12.3 Å². The van der Waals surface area contributed by atoms with Crippen molar-refractivity contribution in [2.45, 2.75) is 18.9 Å². The molecule has 0 N–H and O–H groups in total. The topological polar surface area (TPSA) is 59.5 Å². The molecule has 24 heavy (non-hydrogen) atoms. The van der Waals surface area contributed by atoms with Crippen LogP contribution in [-0.2, 0) is 0 Å². The molecule has 1 fully saturated rings. The average Bonchev–Trinajstić information content (AvgIpc) is 3.34. The quantitative estimate of drug-likeness (QED) is 0.655. The van der Waals surface area contributed by atoms with Gasteiger partial charge in [-0.25, -0.2) is 0 Å². The van der Waals surface area contributed by atoms with Gasteiger partial charge in [0.25, 0.3) is 5.91 Å². The van der Waals surface area contributed by atoms with E-state index in [-0.39, 0.29) is 11.9 Å². The summed E-state index contributed by atoms with van der Waals surface area (Å²) in [6, 6.07) is 13.1. The molecule has 0 unspecified atom stereocenters. The van der Waals surface area contributed by atoms with Crippen LogP contribution in [0.25, 0.3) is 11.3 Å². The molecule has 0 aliphatic carbocycles. The number of hydrogen-bond acceptors (Lipinski definition) is 4. The normalized spacial score (nSPS) is 17.4. The van der Waals surface area contributed by atoms with Crippen LogP contribution in [0.4, 0.5) is 0 Å². The van der Waals surface area contributed by atoms with Gasteiger partial charge in [0, 0.05) is 22.6 Å². The molecule has 1 amide bonds. The lowest BCUT2D eigenvalue weighted by Gasteiger charge is -2.21. The minimum Gasteiger partial charge on any atom is -0.467 e. The SMILES string of the molecule is O=C(c1cc(-c2ccc(Br)cc2)on1)N1CCC[C@H]1c1ccco1. The molecule has 3 aromatic rings. The van der Waals surface area contributed by atoms with Crippen LogP contribution in [0.5, 0.6) is 0 Å². The highest BCUT2D eigenvalue weighted by molar-refractivity contribution is 9.10. The van der Waals surface area contributed by atoms with Crippen molar-refractivity contribution in [3.05, 3.63) is 64.7 Å². The number of furan rings is 1. The molecule has 6 heteroatoms. The van der Waals surface area contributed by atoms with Gasteiger partial charge in [0.05, 0.1) is 12.3 Å². The highest BCUT2D eigenvalue weighted by Crippen LogP contribution is 2.33. The van der Waals surface area contributed by atoms with Crippen molar-refractivity contribution in [3.8, 4) is 11.3 Å². The molecule has 1 saturated heterocycles. The molecular formula is C18H15BrN2O3. The third-order valence-corrected chi connectivity index (χ3v) is 4.77. The number of carbonyl (C=O) groups excluding carboxylic acids is 1. The summed E-state index contributed by atoms with van der Waals surface area (Å²) in [5, 5.41) is 3.97. The van der Waals surface area contributed by atoms with Crippen molar-refractivity contribution in [1.29, 1.82) is 0 Å². The van der Waals surface area contributed by atoms with Crippen LogP contribution in [0.2, 0.25) is 0 Å². The fourth-order valence-corrected chi connectivity index (χ4v) is 3.32. The first-order chi connectivity index (χ1) is 11.7. The lowest BCUT2D eigenvalue weighted by atomic mass is 10.1. The van der Waals surface area contributed by atoms with Crippen molar-refractivity contribution >= 4 is 21.8 Å². The number of aromatic nitrogens is 1. The van der Waals surface area contributed by atoms with E-state index in [0.717, 1.165) is 28.6 Å². The van der Waals surface area contributed by atoms with Gasteiger partial charge in [-0.2, -0.15) is 0 Å². The molecular weight excluding hydrogens is 372 g/mol. The highest BCUT2D eigenvalue weighted by atomic mass is 79.9. The van der Waals surface area contributed by atoms with Gasteiger partial charge in [0.2, 0.25) is 0 Å². The Morgan fingerprint density at radius 2 is 2.08 bits per heavy atom. The molecule has 0 spiro atoms. The Balaban J connectivity index is 1.57. The summed E-state index contributed by atoms with van der Waals surface area (Å²) in [6.07, 6.45) is 3.49. The van der Waals surface area contributed by atoms with Crippen LogP contribution in [-0.4, -0.2) is 22.5 Å². The van der Waals surface area contributed by atoms with Gasteiger partial charge in [-0.05, 0) is 37.1 Å². The van der Waals surface area contributed by atoms with Gasteiger partial charge in [0.1, 0.15) is 5.76 Å². The summed E-state index contributed by atoms with van der Waals surface area (Å²) in [6.45, 7) is 0.699. The first-order valence-electron chi connectivity index (χ1n) is 7.79. The Hall–Kier alpha value is -2.34. The van der Waals surface area contributed by atoms with Crippen LogP contribution in [0.1, 0.15) is 35.1 Å². The van der Waals surface area contributed by atoms with Crippen molar-refractivity contribution in [2.24, 2.45) is 0 Å². The number of carbonyl (C=O) groups is 1. The molecule has 0 saturated carbocycles. The molecule has 1 aliphatic heterocycles. The van der Waals surface area contributed by atoms with E-state index in [1.165, 1.54) is 0 Å². The van der Waals surface area contributed by atoms with Crippen molar-refractivity contribution in [2.75, 3.05) is 6.54 Å². The molecule has 0 radical (unpaired) electrons. The van der Waals surface area contributed by atoms with Gasteiger partial charge in [0.15, 0.2) is 11.5 Å². The highest BCUT2D eigenvalue weighted by Gasteiger charge is 2.33. The van der Waals surface area contributed by atoms with Crippen LogP contribution >= 0.6 is 15.9 Å². The molecule has 122 valence electrons. The van der Waals surface area contributed by atoms with Gasteiger partial charge in [-0.1, -0.05) is 33.2 Å². The predicted octanol–water partition coefficient (Wildman–Crippen LogP) is 4.67. The van der Waals surface area contributed by atoms with E-state index in [9.17, 15) is 4.79 Å². The van der Waals surface area contributed by atoms with Crippen LogP contribution in [0.15, 0.2) is 62.1 Å². The number of nitrogens with zero attached hydrogens (tertiary/aromatic N) is 2. The minimum absolute atomic E-state index is 0.0275. The summed E-state index contributed by atoms with van der Waals surface area (Å²) in [4.78, 5) is 14.6. The lowest BCUT2D eigenvalue weighted by molar-refractivity contribution is 0.0709. The first-order valence-corrected chi connectivity index (χ1v) is 8.59. The zero-order valence-corrected chi connectivity index (χ0v) is 14.4. The average molecular weight is 387 g/mol. The number of amides is 1. The third kappa shape index (κ3) is 2.78. The van der Waals surface area contributed by atoms with E-state index in [4.69, 9.17) is 8.94 Å². The van der Waals surface area contributed by atoms with Crippen LogP contribution in [0.3, 0.4) is 0 Å². The van der Waals surface area contributed by atoms with E-state index in [2.05, 4.69) is 21.1 Å². The minimum atomic E-state index is -0.124. The van der Waals surface area contributed by atoms with Crippen LogP contribution < -0.4 is 0 Å². The Morgan fingerprint density at radius 1 is 1.25 bits per heavy atom. The zero-order valence-electron chi connectivity index (χ0n) is 12.8. The zero-order chi connectivity index (χ0) is 16.5. The molecule has 3 heterocycles. The van der Waals surface area contributed by atoms with Crippen molar-refractivity contribution < 1.29 is 13.7 Å². The first kappa shape index (κ1) is 15.2. The molecule has 4 rings (SSSR count). The predicted molar refractivity (Wildman–Crippen MR) is 91.4 cm³/mol. The van der Waals surface area contributed by atoms with E-state index in [1.807, 2.05) is 41.3 Å². The van der Waals surface area contributed by atoms with Gasteiger partial charge in [-0.3, -0.25) is 4.79 Å². The standard InChI is InChI=1S/C18H15BrN2O3/c19-13-7-5-12(6-8-13)17-11-14(20-24-17)18(22)21-9-1-3-15(21)16-4-2-10-23-16/h2,4-8,10-11,15H,1,3,9H2/t15-/m0/s1. The monoisotopic (exact) mass is 386 g/mol. The summed E-state index contributed by atoms with van der Waals surface area (Å²) in [5.74, 6) is 1.28. The fraction of sp³-hybridized carbons (Fsp3) is 0.222. The number of likely N-dealkylation sites (tertiary alicyclic amines) is 1. The van der Waals surface area contributed by atoms with E-state index in [0.29, 0.717) is 18.0 Å². The number of hydrogen-bond donors (Lipinski definition) is 0. The maximum absolute atomic E-state index is 12.8. The Kier molecular flexibility index (Phi) is 3.98. The Labute approximate surface area is 147 Å². The third-order valence-electron chi connectivity index (χ3n) is 4.24. The molecule has 1 aromatic carbocycles. The second-order valence-electron chi connectivity index (χ2n) is 5.76. The fourth-order valence-electron chi connectivity index (χ4n) is 3.06. The number of rotatable bonds is 3. The molecule has 1 aliphatic rings. The maximum atomic E-state index is 12.8. The van der Waals surface area contributed by atoms with Crippen LogP contribution in [0, 0.1) is 0 Å².